The Morgan fingerprint density at radius 3 is 1.77 bits per heavy atom. The number of nitrogens with zero attached hydrogens (tertiary/aromatic N) is 4. The Labute approximate surface area is 219 Å². The van der Waals surface area contributed by atoms with Gasteiger partial charge < -0.3 is 20.0 Å². The van der Waals surface area contributed by atoms with Crippen molar-refractivity contribution in [1.29, 1.82) is 0 Å². The first-order valence-electron chi connectivity index (χ1n) is 11.7. The number of alkyl halides is 6. The van der Waals surface area contributed by atoms with Crippen molar-refractivity contribution in [3.05, 3.63) is 83.7 Å². The molecular weight excluding hydrogens is 528 g/mol. The molecule has 1 aliphatic rings. The lowest BCUT2D eigenvalue weighted by atomic mass is 10.1. The Morgan fingerprint density at radius 1 is 0.769 bits per heavy atom. The number of carbonyl (C=O) groups excluding carboxylic acids is 2. The second-order valence-electron chi connectivity index (χ2n) is 8.82. The van der Waals surface area contributed by atoms with Gasteiger partial charge in [0.2, 0.25) is 0 Å². The van der Waals surface area contributed by atoms with E-state index in [1.54, 1.807) is 36.7 Å². The monoisotopic (exact) mass is 551 g/mol. The van der Waals surface area contributed by atoms with Gasteiger partial charge in [0, 0.05) is 68.2 Å². The minimum atomic E-state index is -5.03. The maximum atomic E-state index is 13.1. The van der Waals surface area contributed by atoms with Crippen LogP contribution in [0.3, 0.4) is 0 Å². The molecule has 0 bridgehead atoms. The molecule has 2 heterocycles. The number of hydrogen-bond donors (Lipinski definition) is 1. The van der Waals surface area contributed by atoms with E-state index in [4.69, 9.17) is 0 Å². The highest BCUT2D eigenvalue weighted by atomic mass is 19.4. The molecule has 13 heteroatoms. The van der Waals surface area contributed by atoms with Gasteiger partial charge in [-0.05, 0) is 54.6 Å². The zero-order valence-corrected chi connectivity index (χ0v) is 20.6. The third-order valence-corrected chi connectivity index (χ3v) is 6.24. The fraction of sp³-hybridized carbons (Fsp3) is 0.269. The minimum Gasteiger partial charge on any atom is -0.345 e. The summed E-state index contributed by atoms with van der Waals surface area (Å²) in [6, 6.07) is 10.7. The van der Waals surface area contributed by atoms with Crippen LogP contribution in [0.15, 0.2) is 67.0 Å². The first-order chi connectivity index (χ1) is 18.3. The van der Waals surface area contributed by atoms with Gasteiger partial charge in [0.25, 0.3) is 5.91 Å². The van der Waals surface area contributed by atoms with E-state index >= 15 is 0 Å². The molecule has 1 aromatic heterocycles. The van der Waals surface area contributed by atoms with Crippen LogP contribution in [0.2, 0.25) is 0 Å². The molecule has 0 radical (unpaired) electrons. The maximum absolute atomic E-state index is 13.1. The fourth-order valence-electron chi connectivity index (χ4n) is 4.07. The van der Waals surface area contributed by atoms with Crippen molar-refractivity contribution >= 4 is 29.0 Å². The second-order valence-corrected chi connectivity index (χ2v) is 8.82. The fourth-order valence-corrected chi connectivity index (χ4v) is 4.07. The summed E-state index contributed by atoms with van der Waals surface area (Å²) in [5.41, 5.74) is -1.48. The number of halogens is 6. The van der Waals surface area contributed by atoms with Crippen molar-refractivity contribution in [3.63, 3.8) is 0 Å². The Bertz CT molecular complexity index is 1290. The van der Waals surface area contributed by atoms with E-state index < -0.39 is 35.2 Å². The third-order valence-electron chi connectivity index (χ3n) is 6.24. The summed E-state index contributed by atoms with van der Waals surface area (Å²) < 4.78 is 78.6. The van der Waals surface area contributed by atoms with E-state index in [-0.39, 0.29) is 38.2 Å². The molecule has 7 nitrogen and oxygen atoms in total. The quantitative estimate of drug-likeness (QED) is 0.412. The van der Waals surface area contributed by atoms with Crippen molar-refractivity contribution in [3.8, 4) is 0 Å². The first-order valence-corrected chi connectivity index (χ1v) is 11.7. The number of amides is 3. The predicted molar refractivity (Wildman–Crippen MR) is 132 cm³/mol. The van der Waals surface area contributed by atoms with Crippen LogP contribution in [0.25, 0.3) is 0 Å². The molecule has 39 heavy (non-hydrogen) atoms. The van der Waals surface area contributed by atoms with Crippen LogP contribution in [0.5, 0.6) is 0 Å². The van der Waals surface area contributed by atoms with E-state index in [9.17, 15) is 35.9 Å². The van der Waals surface area contributed by atoms with Crippen LogP contribution in [0.1, 0.15) is 21.5 Å². The van der Waals surface area contributed by atoms with Crippen molar-refractivity contribution < 1.29 is 35.9 Å². The summed E-state index contributed by atoms with van der Waals surface area (Å²) in [5.74, 6) is -0.263. The van der Waals surface area contributed by atoms with Crippen molar-refractivity contribution in [2.75, 3.05) is 43.4 Å². The van der Waals surface area contributed by atoms with Crippen molar-refractivity contribution in [2.45, 2.75) is 12.4 Å². The highest BCUT2D eigenvalue weighted by Crippen LogP contribution is 2.37. The molecule has 0 atom stereocenters. The summed E-state index contributed by atoms with van der Waals surface area (Å²) in [6.45, 7) is 0.375. The highest BCUT2D eigenvalue weighted by molar-refractivity contribution is 5.95. The van der Waals surface area contributed by atoms with Gasteiger partial charge in [0.15, 0.2) is 0 Å². The lowest BCUT2D eigenvalue weighted by Crippen LogP contribution is -2.51. The largest absolute Gasteiger partial charge is 0.416 e. The number of aromatic nitrogens is 1. The Hall–Kier alpha value is -4.29. The molecule has 4 rings (SSSR count). The molecule has 0 spiro atoms. The zero-order valence-electron chi connectivity index (χ0n) is 20.6. The van der Waals surface area contributed by atoms with Gasteiger partial charge in [-0.15, -0.1) is 0 Å². The van der Waals surface area contributed by atoms with Gasteiger partial charge in [-0.1, -0.05) is 0 Å². The Morgan fingerprint density at radius 2 is 1.26 bits per heavy atom. The van der Waals surface area contributed by atoms with Gasteiger partial charge in [-0.3, -0.25) is 9.78 Å². The molecule has 2 aromatic carbocycles. The Kier molecular flexibility index (Phi) is 7.70. The van der Waals surface area contributed by atoms with Crippen LogP contribution in [0, 0.1) is 0 Å². The molecule has 1 saturated heterocycles. The van der Waals surface area contributed by atoms with Gasteiger partial charge in [-0.25, -0.2) is 4.79 Å². The first kappa shape index (κ1) is 27.7. The van der Waals surface area contributed by atoms with Crippen LogP contribution in [-0.2, 0) is 12.4 Å². The normalized spacial score (nSPS) is 14.2. The number of rotatable bonds is 4. The smallest absolute Gasteiger partial charge is 0.345 e. The van der Waals surface area contributed by atoms with E-state index in [2.05, 4.69) is 10.3 Å². The van der Waals surface area contributed by atoms with Crippen LogP contribution in [0.4, 0.5) is 48.2 Å². The average Bonchev–Trinajstić information content (AvgIpc) is 2.92. The van der Waals surface area contributed by atoms with Gasteiger partial charge in [0.05, 0.1) is 11.1 Å². The number of nitrogens with one attached hydrogen (secondary N) is 1. The van der Waals surface area contributed by atoms with E-state index in [1.165, 1.54) is 9.80 Å². The SMILES string of the molecule is CN(c1ccncc1)c1ccc(C(=O)N2CCN(C(=O)Nc3cc(C(F)(F)F)cc(C(F)(F)F)c3)CC2)cc1. The molecule has 0 saturated carbocycles. The summed E-state index contributed by atoms with van der Waals surface area (Å²) in [7, 11) is 1.87. The van der Waals surface area contributed by atoms with Crippen molar-refractivity contribution in [1.82, 2.24) is 14.8 Å². The number of hydrogen-bond acceptors (Lipinski definition) is 4. The molecule has 3 amide bonds. The molecule has 0 unspecified atom stereocenters. The van der Waals surface area contributed by atoms with E-state index in [0.29, 0.717) is 17.7 Å². The van der Waals surface area contributed by atoms with E-state index in [1.807, 2.05) is 24.1 Å². The highest BCUT2D eigenvalue weighted by Gasteiger charge is 2.37. The van der Waals surface area contributed by atoms with Gasteiger partial charge >= 0.3 is 18.4 Å². The second kappa shape index (κ2) is 10.8. The molecule has 206 valence electrons. The number of benzene rings is 2. The van der Waals surface area contributed by atoms with Gasteiger partial charge in [-0.2, -0.15) is 26.3 Å². The topological polar surface area (TPSA) is 68.8 Å². The average molecular weight is 551 g/mol. The summed E-state index contributed by atoms with van der Waals surface area (Å²) in [6.07, 6.45) is -6.72. The number of urea groups is 1. The zero-order chi connectivity index (χ0) is 28.4. The summed E-state index contributed by atoms with van der Waals surface area (Å²) in [5, 5.41) is 2.12. The molecule has 3 aromatic rings. The van der Waals surface area contributed by atoms with Crippen LogP contribution < -0.4 is 10.2 Å². The van der Waals surface area contributed by atoms with Crippen molar-refractivity contribution in [2.24, 2.45) is 0 Å². The Balaban J connectivity index is 1.37. The molecule has 1 aliphatic heterocycles. The van der Waals surface area contributed by atoms with Crippen LogP contribution in [-0.4, -0.2) is 59.9 Å². The lowest BCUT2D eigenvalue weighted by Gasteiger charge is -2.35. The van der Waals surface area contributed by atoms with E-state index in [0.717, 1.165) is 11.4 Å². The van der Waals surface area contributed by atoms with Crippen LogP contribution >= 0.6 is 0 Å². The minimum absolute atomic E-state index is 0.0102. The maximum Gasteiger partial charge on any atom is 0.416 e. The lowest BCUT2D eigenvalue weighted by molar-refractivity contribution is -0.143. The van der Waals surface area contributed by atoms with Gasteiger partial charge in [0.1, 0.15) is 0 Å². The molecule has 1 fully saturated rings. The number of pyridine rings is 1. The number of piperazine rings is 1. The standard InChI is InChI=1S/C26H23F6N5O2/c1-35(22-6-8-33-9-7-22)21-4-2-17(3-5-21)23(38)36-10-12-37(13-11-36)24(39)34-20-15-18(25(27,28)29)14-19(16-20)26(30,31)32/h2-9,14-16H,10-13H2,1H3,(H,34,39). The summed E-state index contributed by atoms with van der Waals surface area (Å²) in [4.78, 5) is 34.2. The molecular formula is C26H23F6N5O2. The third kappa shape index (κ3) is 6.59. The number of anilines is 3. The molecule has 0 aliphatic carbocycles. The predicted octanol–water partition coefficient (Wildman–Crippen LogP) is 5.88. The summed E-state index contributed by atoms with van der Waals surface area (Å²) >= 11 is 0. The number of carbonyl (C=O) groups is 2. The molecule has 1 N–H and O–H groups in total.